The second kappa shape index (κ2) is 15.1. The SMILES string of the molecule is COc1cc(C=C(C#N)c2ccc(C)cc2)ccc1OCCCCCCCCCCCO. The lowest BCUT2D eigenvalue weighted by Gasteiger charge is -2.11. The first-order chi connectivity index (χ1) is 15.7. The van der Waals surface area contributed by atoms with E-state index in [0.717, 1.165) is 36.1 Å². The Morgan fingerprint density at radius 1 is 0.875 bits per heavy atom. The molecule has 0 aromatic heterocycles. The molecule has 0 unspecified atom stereocenters. The first-order valence-corrected chi connectivity index (χ1v) is 11.8. The van der Waals surface area contributed by atoms with E-state index in [1.807, 2.05) is 55.5 Å². The third kappa shape index (κ3) is 9.16. The molecule has 0 aliphatic carbocycles. The number of nitrogens with zero attached hydrogens (tertiary/aromatic N) is 1. The average Bonchev–Trinajstić information content (AvgIpc) is 2.82. The molecule has 1 N–H and O–H groups in total. The van der Waals surface area contributed by atoms with Gasteiger partial charge in [-0.05, 0) is 49.1 Å². The van der Waals surface area contributed by atoms with E-state index in [4.69, 9.17) is 14.6 Å². The number of hydrogen-bond acceptors (Lipinski definition) is 4. The topological polar surface area (TPSA) is 62.5 Å². The highest BCUT2D eigenvalue weighted by molar-refractivity contribution is 5.89. The van der Waals surface area contributed by atoms with Crippen LogP contribution in [0.1, 0.15) is 74.5 Å². The van der Waals surface area contributed by atoms with Crippen molar-refractivity contribution < 1.29 is 14.6 Å². The maximum atomic E-state index is 9.58. The summed E-state index contributed by atoms with van der Waals surface area (Å²) in [5, 5.41) is 18.4. The highest BCUT2D eigenvalue weighted by Crippen LogP contribution is 2.30. The fourth-order valence-electron chi connectivity index (χ4n) is 3.61. The summed E-state index contributed by atoms with van der Waals surface area (Å²) in [4.78, 5) is 0. The summed E-state index contributed by atoms with van der Waals surface area (Å²) in [6, 6.07) is 16.0. The predicted molar refractivity (Wildman–Crippen MR) is 132 cm³/mol. The van der Waals surface area contributed by atoms with Crippen LogP contribution in [0.15, 0.2) is 42.5 Å². The first-order valence-electron chi connectivity index (χ1n) is 11.8. The normalized spacial score (nSPS) is 11.2. The van der Waals surface area contributed by atoms with Gasteiger partial charge in [0.05, 0.1) is 25.4 Å². The van der Waals surface area contributed by atoms with Crippen molar-refractivity contribution in [3.05, 3.63) is 59.2 Å². The molecule has 0 heterocycles. The lowest BCUT2D eigenvalue weighted by atomic mass is 10.0. The third-order valence-corrected chi connectivity index (χ3v) is 5.54. The highest BCUT2D eigenvalue weighted by Gasteiger charge is 2.07. The fraction of sp³-hybridized carbons (Fsp3) is 0.464. The average molecular weight is 436 g/mol. The van der Waals surface area contributed by atoms with Gasteiger partial charge in [0.2, 0.25) is 0 Å². The summed E-state index contributed by atoms with van der Waals surface area (Å²) in [7, 11) is 1.64. The zero-order chi connectivity index (χ0) is 23.0. The Morgan fingerprint density at radius 2 is 1.50 bits per heavy atom. The molecule has 0 atom stereocenters. The molecule has 0 saturated heterocycles. The zero-order valence-electron chi connectivity index (χ0n) is 19.6. The monoisotopic (exact) mass is 435 g/mol. The molecular formula is C28H37NO3. The van der Waals surface area contributed by atoms with Gasteiger partial charge >= 0.3 is 0 Å². The van der Waals surface area contributed by atoms with Gasteiger partial charge in [0.1, 0.15) is 0 Å². The smallest absolute Gasteiger partial charge is 0.161 e. The Labute approximate surface area is 193 Å². The molecule has 0 amide bonds. The number of hydrogen-bond donors (Lipinski definition) is 1. The molecule has 0 radical (unpaired) electrons. The van der Waals surface area contributed by atoms with Crippen LogP contribution in [0.3, 0.4) is 0 Å². The molecular weight excluding hydrogens is 398 g/mol. The molecule has 2 rings (SSSR count). The van der Waals surface area contributed by atoms with E-state index in [0.29, 0.717) is 24.5 Å². The summed E-state index contributed by atoms with van der Waals surface area (Å²) in [6.45, 7) is 3.03. The molecule has 2 aromatic carbocycles. The van der Waals surface area contributed by atoms with Crippen LogP contribution in [0.25, 0.3) is 11.6 Å². The van der Waals surface area contributed by atoms with Gasteiger partial charge in [0, 0.05) is 6.61 Å². The molecule has 0 aliphatic rings. The van der Waals surface area contributed by atoms with E-state index >= 15 is 0 Å². The minimum Gasteiger partial charge on any atom is -0.493 e. The lowest BCUT2D eigenvalue weighted by Crippen LogP contribution is -1.99. The van der Waals surface area contributed by atoms with Crippen LogP contribution >= 0.6 is 0 Å². The summed E-state index contributed by atoms with van der Waals surface area (Å²) in [5.74, 6) is 1.42. The Balaban J connectivity index is 1.79. The van der Waals surface area contributed by atoms with Gasteiger partial charge in [0.15, 0.2) is 11.5 Å². The number of rotatable bonds is 15. The van der Waals surface area contributed by atoms with Crippen molar-refractivity contribution in [2.24, 2.45) is 0 Å². The van der Waals surface area contributed by atoms with Crippen molar-refractivity contribution in [2.75, 3.05) is 20.3 Å². The molecule has 0 saturated carbocycles. The lowest BCUT2D eigenvalue weighted by molar-refractivity contribution is 0.281. The van der Waals surface area contributed by atoms with Crippen LogP contribution in [0, 0.1) is 18.3 Å². The van der Waals surface area contributed by atoms with Crippen LogP contribution < -0.4 is 9.47 Å². The number of nitriles is 1. The number of aryl methyl sites for hydroxylation is 1. The van der Waals surface area contributed by atoms with Crippen LogP contribution in [0.4, 0.5) is 0 Å². The van der Waals surface area contributed by atoms with Crippen molar-refractivity contribution in [1.82, 2.24) is 0 Å². The standard InChI is InChI=1S/C28H37NO3/c1-23-12-15-25(16-13-23)26(22-29)20-24-14-17-27(28(21-24)31-2)32-19-11-9-7-5-3-4-6-8-10-18-30/h12-17,20-21,30H,3-11,18-19H2,1-2H3. The Bertz CT molecular complexity index is 865. The van der Waals surface area contributed by atoms with Crippen molar-refractivity contribution >= 4 is 11.6 Å². The van der Waals surface area contributed by atoms with Crippen LogP contribution in [0.2, 0.25) is 0 Å². The Morgan fingerprint density at radius 3 is 2.09 bits per heavy atom. The first kappa shape index (κ1) is 25.5. The molecule has 0 spiro atoms. The number of unbranched alkanes of at least 4 members (excludes halogenated alkanes) is 8. The molecule has 2 aromatic rings. The molecule has 4 heteroatoms. The minimum absolute atomic E-state index is 0.318. The minimum atomic E-state index is 0.318. The van der Waals surface area contributed by atoms with Gasteiger partial charge in [-0.2, -0.15) is 5.26 Å². The third-order valence-electron chi connectivity index (χ3n) is 5.54. The van der Waals surface area contributed by atoms with Gasteiger partial charge in [0.25, 0.3) is 0 Å². The van der Waals surface area contributed by atoms with Crippen LogP contribution in [-0.2, 0) is 0 Å². The Kier molecular flexibility index (Phi) is 12.0. The molecule has 0 fully saturated rings. The summed E-state index contributed by atoms with van der Waals surface area (Å²) in [5.41, 5.74) is 3.60. The maximum Gasteiger partial charge on any atom is 0.161 e. The van der Waals surface area contributed by atoms with Crippen LogP contribution in [0.5, 0.6) is 11.5 Å². The molecule has 0 aliphatic heterocycles. The van der Waals surface area contributed by atoms with Gasteiger partial charge < -0.3 is 14.6 Å². The van der Waals surface area contributed by atoms with E-state index in [1.54, 1.807) is 7.11 Å². The van der Waals surface area contributed by atoms with Gasteiger partial charge in [-0.1, -0.05) is 80.8 Å². The van der Waals surface area contributed by atoms with E-state index in [1.165, 1.54) is 44.1 Å². The second-order valence-corrected chi connectivity index (χ2v) is 8.20. The number of aliphatic hydroxyl groups excluding tert-OH is 1. The van der Waals surface area contributed by atoms with Gasteiger partial charge in [-0.25, -0.2) is 0 Å². The van der Waals surface area contributed by atoms with Gasteiger partial charge in [-0.3, -0.25) is 0 Å². The zero-order valence-corrected chi connectivity index (χ0v) is 19.6. The number of methoxy groups -OCH3 is 1. The van der Waals surface area contributed by atoms with Crippen molar-refractivity contribution in [3.63, 3.8) is 0 Å². The second-order valence-electron chi connectivity index (χ2n) is 8.20. The van der Waals surface area contributed by atoms with E-state index in [-0.39, 0.29) is 0 Å². The summed E-state index contributed by atoms with van der Waals surface area (Å²) in [6.07, 6.45) is 12.4. The number of aliphatic hydroxyl groups is 1. The van der Waals surface area contributed by atoms with Crippen molar-refractivity contribution in [1.29, 1.82) is 5.26 Å². The Hall–Kier alpha value is -2.77. The molecule has 32 heavy (non-hydrogen) atoms. The fourth-order valence-corrected chi connectivity index (χ4v) is 3.61. The van der Waals surface area contributed by atoms with Crippen molar-refractivity contribution in [3.8, 4) is 17.6 Å². The van der Waals surface area contributed by atoms with E-state index < -0.39 is 0 Å². The molecule has 172 valence electrons. The number of benzene rings is 2. The number of ether oxygens (including phenoxy) is 2. The molecule has 0 bridgehead atoms. The largest absolute Gasteiger partial charge is 0.493 e. The van der Waals surface area contributed by atoms with Crippen molar-refractivity contribution in [2.45, 2.75) is 64.7 Å². The maximum absolute atomic E-state index is 9.58. The van der Waals surface area contributed by atoms with Crippen LogP contribution in [-0.4, -0.2) is 25.4 Å². The molecule has 4 nitrogen and oxygen atoms in total. The van der Waals surface area contributed by atoms with Gasteiger partial charge in [-0.15, -0.1) is 0 Å². The predicted octanol–water partition coefficient (Wildman–Crippen LogP) is 6.95. The number of allylic oxidation sites excluding steroid dienone is 1. The quantitative estimate of drug-likeness (QED) is 0.187. The summed E-state index contributed by atoms with van der Waals surface area (Å²) >= 11 is 0. The highest BCUT2D eigenvalue weighted by atomic mass is 16.5. The van der Waals surface area contributed by atoms with E-state index in [2.05, 4.69) is 6.07 Å². The summed E-state index contributed by atoms with van der Waals surface area (Å²) < 4.78 is 11.5. The van der Waals surface area contributed by atoms with E-state index in [9.17, 15) is 5.26 Å².